The number of hydrogen-bond donors (Lipinski definition) is 2. The molecule has 3 aromatic carbocycles. The van der Waals surface area contributed by atoms with Gasteiger partial charge in [0.25, 0.3) is 5.91 Å². The van der Waals surface area contributed by atoms with Gasteiger partial charge in [0.1, 0.15) is 17.3 Å². The molecule has 9 nitrogen and oxygen atoms in total. The van der Waals surface area contributed by atoms with Crippen LogP contribution in [0.15, 0.2) is 78.0 Å². The van der Waals surface area contributed by atoms with E-state index < -0.39 is 0 Å². The van der Waals surface area contributed by atoms with Crippen LogP contribution in [0, 0.1) is 5.82 Å². The van der Waals surface area contributed by atoms with Crippen molar-refractivity contribution in [3.8, 4) is 11.5 Å². The van der Waals surface area contributed by atoms with E-state index in [1.54, 1.807) is 55.6 Å². The molecule has 178 valence electrons. The number of tetrazole rings is 1. The topological polar surface area (TPSA) is 111 Å². The molecule has 0 aliphatic carbocycles. The third-order valence-electron chi connectivity index (χ3n) is 4.77. The first-order chi connectivity index (χ1) is 17.0. The lowest BCUT2D eigenvalue weighted by Gasteiger charge is -2.09. The van der Waals surface area contributed by atoms with Crippen molar-refractivity contribution in [2.45, 2.75) is 11.7 Å². The molecule has 0 spiro atoms. The summed E-state index contributed by atoms with van der Waals surface area (Å²) < 4.78 is 20.1. The number of rotatable bonds is 9. The van der Waals surface area contributed by atoms with Gasteiger partial charge in [-0.2, -0.15) is 0 Å². The molecule has 2 N–H and O–H groups in total. The van der Waals surface area contributed by atoms with Gasteiger partial charge in [-0.25, -0.2) is 9.07 Å². The molecule has 0 saturated carbocycles. The van der Waals surface area contributed by atoms with Crippen LogP contribution in [0.2, 0.25) is 0 Å². The standard InChI is InChI=1S/C24H21FN6O3S/c1-31-24(28-29-30-31)35-15-22(32)27-19-8-4-17(5-9-19)23(33)26-14-16-2-10-20(11-3-16)34-21-12-6-18(25)7-13-21/h2-13H,14-15H2,1H3,(H,26,33)(H,27,32). The number of aromatic nitrogens is 4. The van der Waals surface area contributed by atoms with Crippen molar-refractivity contribution in [1.82, 2.24) is 25.5 Å². The largest absolute Gasteiger partial charge is 0.457 e. The van der Waals surface area contributed by atoms with Gasteiger partial charge in [-0.1, -0.05) is 23.9 Å². The molecule has 0 saturated heterocycles. The summed E-state index contributed by atoms with van der Waals surface area (Å²) in [6.07, 6.45) is 0. The lowest BCUT2D eigenvalue weighted by atomic mass is 10.1. The maximum atomic E-state index is 13.0. The van der Waals surface area contributed by atoms with E-state index in [-0.39, 0.29) is 23.4 Å². The lowest BCUT2D eigenvalue weighted by Crippen LogP contribution is -2.22. The number of anilines is 1. The van der Waals surface area contributed by atoms with Crippen LogP contribution >= 0.6 is 11.8 Å². The molecular formula is C24H21FN6O3S. The number of benzene rings is 3. The second-order valence-electron chi connectivity index (χ2n) is 7.38. The van der Waals surface area contributed by atoms with E-state index in [2.05, 4.69) is 26.2 Å². The van der Waals surface area contributed by atoms with Crippen molar-refractivity contribution in [2.75, 3.05) is 11.1 Å². The summed E-state index contributed by atoms with van der Waals surface area (Å²) >= 11 is 1.22. The average molecular weight is 493 g/mol. The highest BCUT2D eigenvalue weighted by Gasteiger charge is 2.10. The van der Waals surface area contributed by atoms with E-state index in [4.69, 9.17) is 4.74 Å². The Morgan fingerprint density at radius 2 is 1.63 bits per heavy atom. The van der Waals surface area contributed by atoms with E-state index in [0.717, 1.165) is 5.56 Å². The van der Waals surface area contributed by atoms with Gasteiger partial charge in [-0.15, -0.1) is 5.10 Å². The lowest BCUT2D eigenvalue weighted by molar-refractivity contribution is -0.113. The van der Waals surface area contributed by atoms with Gasteiger partial charge in [0.05, 0.1) is 5.75 Å². The number of carbonyl (C=O) groups is 2. The fraction of sp³-hybridized carbons (Fsp3) is 0.125. The SMILES string of the molecule is Cn1nnnc1SCC(=O)Nc1ccc(C(=O)NCc2ccc(Oc3ccc(F)cc3)cc2)cc1. The molecule has 35 heavy (non-hydrogen) atoms. The fourth-order valence-corrected chi connectivity index (χ4v) is 3.62. The summed E-state index contributed by atoms with van der Waals surface area (Å²) in [5.41, 5.74) is 1.95. The van der Waals surface area contributed by atoms with E-state index in [1.807, 2.05) is 12.1 Å². The van der Waals surface area contributed by atoms with E-state index in [1.165, 1.54) is 28.6 Å². The number of amides is 2. The molecule has 0 unspecified atom stereocenters. The van der Waals surface area contributed by atoms with Gasteiger partial charge in [-0.3, -0.25) is 9.59 Å². The van der Waals surface area contributed by atoms with Crippen LogP contribution in [0.1, 0.15) is 15.9 Å². The Kier molecular flexibility index (Phi) is 7.68. The Morgan fingerprint density at radius 1 is 0.971 bits per heavy atom. The Bertz CT molecular complexity index is 1290. The number of aryl methyl sites for hydroxylation is 1. The van der Waals surface area contributed by atoms with Gasteiger partial charge in [-0.05, 0) is 76.7 Å². The van der Waals surface area contributed by atoms with Crippen LogP contribution in [-0.2, 0) is 18.4 Å². The minimum Gasteiger partial charge on any atom is -0.457 e. The van der Waals surface area contributed by atoms with Crippen molar-refractivity contribution >= 4 is 29.3 Å². The number of thioether (sulfide) groups is 1. The molecular weight excluding hydrogens is 471 g/mol. The Labute approximate surface area is 204 Å². The summed E-state index contributed by atoms with van der Waals surface area (Å²) in [6, 6.07) is 19.6. The molecule has 0 aliphatic heterocycles. The fourth-order valence-electron chi connectivity index (χ4n) is 2.97. The minimum atomic E-state index is -0.325. The third-order valence-corrected chi connectivity index (χ3v) is 5.78. The summed E-state index contributed by atoms with van der Waals surface area (Å²) in [5, 5.41) is 17.2. The summed E-state index contributed by atoms with van der Waals surface area (Å²) in [4.78, 5) is 24.6. The third kappa shape index (κ3) is 6.87. The molecule has 4 rings (SSSR count). The van der Waals surface area contributed by atoms with Crippen molar-refractivity contribution in [3.05, 3.63) is 89.7 Å². The molecule has 11 heteroatoms. The predicted molar refractivity (Wildman–Crippen MR) is 129 cm³/mol. The number of nitrogens with one attached hydrogen (secondary N) is 2. The minimum absolute atomic E-state index is 0.157. The number of ether oxygens (including phenoxy) is 1. The first-order valence-electron chi connectivity index (χ1n) is 10.5. The van der Waals surface area contributed by atoms with Gasteiger partial charge in [0.2, 0.25) is 11.1 Å². The molecule has 4 aromatic rings. The van der Waals surface area contributed by atoms with Crippen molar-refractivity contribution in [1.29, 1.82) is 0 Å². The highest BCUT2D eigenvalue weighted by molar-refractivity contribution is 7.99. The Morgan fingerprint density at radius 3 is 2.26 bits per heavy atom. The van der Waals surface area contributed by atoms with Crippen molar-refractivity contribution < 1.29 is 18.7 Å². The molecule has 2 amide bonds. The molecule has 0 fully saturated rings. The van der Waals surface area contributed by atoms with Crippen LogP contribution in [0.4, 0.5) is 10.1 Å². The quantitative estimate of drug-likeness (QED) is 0.342. The normalized spacial score (nSPS) is 10.6. The second kappa shape index (κ2) is 11.3. The first-order valence-corrected chi connectivity index (χ1v) is 11.5. The first kappa shape index (κ1) is 23.9. The Balaban J connectivity index is 1.23. The molecule has 0 bridgehead atoms. The predicted octanol–water partition coefficient (Wildman–Crippen LogP) is 3.80. The molecule has 0 radical (unpaired) electrons. The zero-order valence-corrected chi connectivity index (χ0v) is 19.5. The summed E-state index contributed by atoms with van der Waals surface area (Å²) in [7, 11) is 1.70. The number of hydrogen-bond acceptors (Lipinski definition) is 7. The average Bonchev–Trinajstić information content (AvgIpc) is 3.28. The number of nitrogens with zero attached hydrogens (tertiary/aromatic N) is 4. The van der Waals surface area contributed by atoms with Crippen molar-refractivity contribution in [2.24, 2.45) is 7.05 Å². The van der Waals surface area contributed by atoms with Crippen LogP contribution in [0.3, 0.4) is 0 Å². The van der Waals surface area contributed by atoms with Crippen molar-refractivity contribution in [3.63, 3.8) is 0 Å². The molecule has 1 heterocycles. The van der Waals surface area contributed by atoms with Gasteiger partial charge >= 0.3 is 0 Å². The molecule has 0 aliphatic rings. The molecule has 1 aromatic heterocycles. The van der Waals surface area contributed by atoms with Gasteiger partial charge in [0.15, 0.2) is 0 Å². The maximum Gasteiger partial charge on any atom is 0.251 e. The zero-order chi connectivity index (χ0) is 24.6. The summed E-state index contributed by atoms with van der Waals surface area (Å²) in [6.45, 7) is 0.336. The highest BCUT2D eigenvalue weighted by Crippen LogP contribution is 2.22. The van der Waals surface area contributed by atoms with Crippen LogP contribution < -0.4 is 15.4 Å². The van der Waals surface area contributed by atoms with Gasteiger partial charge in [0, 0.05) is 24.8 Å². The second-order valence-corrected chi connectivity index (χ2v) is 8.32. The maximum absolute atomic E-state index is 13.0. The zero-order valence-electron chi connectivity index (χ0n) is 18.6. The highest BCUT2D eigenvalue weighted by atomic mass is 32.2. The molecule has 0 atom stereocenters. The van der Waals surface area contributed by atoms with Crippen LogP contribution in [0.25, 0.3) is 0 Å². The van der Waals surface area contributed by atoms with Gasteiger partial charge < -0.3 is 15.4 Å². The summed E-state index contributed by atoms with van der Waals surface area (Å²) in [5.74, 6) is 0.533. The number of carbonyl (C=O) groups excluding carboxylic acids is 2. The Hall–Kier alpha value is -4.25. The smallest absolute Gasteiger partial charge is 0.251 e. The van der Waals surface area contributed by atoms with E-state index in [0.29, 0.717) is 34.5 Å². The number of halogens is 1. The van der Waals surface area contributed by atoms with E-state index in [9.17, 15) is 14.0 Å². The van der Waals surface area contributed by atoms with Crippen LogP contribution in [-0.4, -0.2) is 37.8 Å². The monoisotopic (exact) mass is 492 g/mol. The van der Waals surface area contributed by atoms with E-state index >= 15 is 0 Å². The van der Waals surface area contributed by atoms with Crippen LogP contribution in [0.5, 0.6) is 11.5 Å².